The van der Waals surface area contributed by atoms with Crippen molar-refractivity contribution in [2.45, 2.75) is 6.18 Å². The van der Waals surface area contributed by atoms with Crippen LogP contribution in [0.4, 0.5) is 24.5 Å². The zero-order valence-corrected chi connectivity index (χ0v) is 16.3. The Morgan fingerprint density at radius 3 is 2.32 bits per heavy atom. The average Bonchev–Trinajstić information content (AvgIpc) is 2.59. The van der Waals surface area contributed by atoms with Crippen molar-refractivity contribution in [2.75, 3.05) is 29.5 Å². The van der Waals surface area contributed by atoms with Crippen LogP contribution in [0.1, 0.15) is 5.56 Å². The summed E-state index contributed by atoms with van der Waals surface area (Å²) in [7, 11) is -2.02. The van der Waals surface area contributed by atoms with Gasteiger partial charge in [0, 0.05) is 12.7 Å². The first-order valence-corrected chi connectivity index (χ1v) is 9.94. The number of alkyl halides is 3. The fourth-order valence-electron chi connectivity index (χ4n) is 2.11. The van der Waals surface area contributed by atoms with Crippen LogP contribution >= 0.6 is 11.6 Å². The summed E-state index contributed by atoms with van der Waals surface area (Å²) in [4.78, 5) is 11.9. The average molecular weight is 437 g/mol. The van der Waals surface area contributed by atoms with Crippen LogP contribution < -0.4 is 14.4 Å². The number of hydrogen-bond donors (Lipinski definition) is 1. The van der Waals surface area contributed by atoms with E-state index < -0.39 is 39.3 Å². The molecule has 0 atom stereocenters. The summed E-state index contributed by atoms with van der Waals surface area (Å²) < 4.78 is 67.8. The number of hydrogen-bond acceptors (Lipinski definition) is 4. The van der Waals surface area contributed by atoms with E-state index in [0.717, 1.165) is 22.7 Å². The van der Waals surface area contributed by atoms with Gasteiger partial charge in [-0.3, -0.25) is 9.10 Å². The smallest absolute Gasteiger partial charge is 0.417 e. The first-order chi connectivity index (χ1) is 12.9. The molecule has 0 fully saturated rings. The Balaban J connectivity index is 1.98. The molecule has 6 nitrogen and oxygen atoms in total. The summed E-state index contributed by atoms with van der Waals surface area (Å²) in [6.07, 6.45) is -3.59. The highest BCUT2D eigenvalue weighted by atomic mass is 35.5. The zero-order valence-electron chi connectivity index (χ0n) is 14.7. The van der Waals surface area contributed by atoms with E-state index in [1.165, 1.54) is 37.4 Å². The molecule has 0 spiro atoms. The molecule has 152 valence electrons. The minimum absolute atomic E-state index is 0.0737. The Hall–Kier alpha value is -2.46. The third kappa shape index (κ3) is 5.77. The Kier molecular flexibility index (Phi) is 6.45. The molecule has 0 aliphatic carbocycles. The molecule has 11 heteroatoms. The second kappa shape index (κ2) is 8.27. The van der Waals surface area contributed by atoms with E-state index >= 15 is 0 Å². The number of carbonyl (C=O) groups is 1. The van der Waals surface area contributed by atoms with E-state index in [2.05, 4.69) is 5.32 Å². The van der Waals surface area contributed by atoms with E-state index in [9.17, 15) is 26.4 Å². The van der Waals surface area contributed by atoms with Crippen molar-refractivity contribution in [3.8, 4) is 5.75 Å². The van der Waals surface area contributed by atoms with Crippen LogP contribution in [0.2, 0.25) is 5.02 Å². The fourth-order valence-corrected chi connectivity index (χ4v) is 2.84. The molecule has 0 heterocycles. The summed E-state index contributed by atoms with van der Waals surface area (Å²) in [5.41, 5.74) is -0.728. The lowest BCUT2D eigenvalue weighted by Crippen LogP contribution is -2.24. The number of sulfonamides is 1. The quantitative estimate of drug-likeness (QED) is 0.748. The van der Waals surface area contributed by atoms with E-state index in [1.54, 1.807) is 0 Å². The van der Waals surface area contributed by atoms with Crippen molar-refractivity contribution >= 4 is 38.9 Å². The lowest BCUT2D eigenvalue weighted by atomic mass is 10.2. The Morgan fingerprint density at radius 1 is 1.18 bits per heavy atom. The van der Waals surface area contributed by atoms with Crippen molar-refractivity contribution < 1.29 is 31.1 Å². The van der Waals surface area contributed by atoms with Crippen molar-refractivity contribution in [3.63, 3.8) is 0 Å². The van der Waals surface area contributed by atoms with Gasteiger partial charge in [-0.15, -0.1) is 0 Å². The number of anilines is 2. The van der Waals surface area contributed by atoms with Crippen molar-refractivity contribution in [1.82, 2.24) is 0 Å². The van der Waals surface area contributed by atoms with Crippen LogP contribution in [0.25, 0.3) is 0 Å². The maximum atomic E-state index is 12.8. The molecule has 28 heavy (non-hydrogen) atoms. The highest BCUT2D eigenvalue weighted by molar-refractivity contribution is 7.92. The lowest BCUT2D eigenvalue weighted by molar-refractivity contribution is -0.137. The lowest BCUT2D eigenvalue weighted by Gasteiger charge is -2.17. The number of halogens is 4. The molecular formula is C17H16ClF3N2O4S. The fraction of sp³-hybridized carbons (Fsp3) is 0.235. The second-order valence-electron chi connectivity index (χ2n) is 5.75. The third-order valence-corrected chi connectivity index (χ3v) is 5.16. The van der Waals surface area contributed by atoms with Crippen LogP contribution in [0.5, 0.6) is 5.75 Å². The number of benzene rings is 2. The highest BCUT2D eigenvalue weighted by Gasteiger charge is 2.33. The molecule has 0 radical (unpaired) electrons. The molecule has 0 aromatic heterocycles. The van der Waals surface area contributed by atoms with Gasteiger partial charge in [0.15, 0.2) is 6.61 Å². The maximum absolute atomic E-state index is 12.8. The molecule has 0 saturated heterocycles. The molecule has 0 aliphatic rings. The van der Waals surface area contributed by atoms with Gasteiger partial charge in [-0.05, 0) is 42.5 Å². The number of ether oxygens (including phenoxy) is 1. The molecule has 2 rings (SSSR count). The molecule has 0 unspecified atom stereocenters. The monoisotopic (exact) mass is 436 g/mol. The van der Waals surface area contributed by atoms with E-state index in [0.29, 0.717) is 5.69 Å². The van der Waals surface area contributed by atoms with Crippen LogP contribution in [0.15, 0.2) is 42.5 Å². The van der Waals surface area contributed by atoms with Crippen LogP contribution in [0.3, 0.4) is 0 Å². The van der Waals surface area contributed by atoms with E-state index in [-0.39, 0.29) is 11.4 Å². The van der Waals surface area contributed by atoms with Gasteiger partial charge in [0.05, 0.1) is 22.5 Å². The molecule has 0 aliphatic heterocycles. The van der Waals surface area contributed by atoms with Gasteiger partial charge in [0.25, 0.3) is 5.91 Å². The molecule has 0 bridgehead atoms. The number of nitrogens with zero attached hydrogens (tertiary/aromatic N) is 1. The van der Waals surface area contributed by atoms with Crippen LogP contribution in [-0.2, 0) is 21.0 Å². The number of carbonyl (C=O) groups excluding carboxylic acids is 1. The molecule has 2 aromatic carbocycles. The third-order valence-electron chi connectivity index (χ3n) is 3.62. The molecule has 2 aromatic rings. The van der Waals surface area contributed by atoms with Gasteiger partial charge >= 0.3 is 6.18 Å². The topological polar surface area (TPSA) is 75.7 Å². The van der Waals surface area contributed by atoms with Crippen molar-refractivity contribution in [2.24, 2.45) is 0 Å². The Labute approximate surface area is 164 Å². The minimum Gasteiger partial charge on any atom is -0.484 e. The normalized spacial score (nSPS) is 11.8. The first-order valence-electron chi connectivity index (χ1n) is 7.71. The summed E-state index contributed by atoms with van der Waals surface area (Å²) >= 11 is 5.52. The summed E-state index contributed by atoms with van der Waals surface area (Å²) in [6, 6.07) is 8.92. The van der Waals surface area contributed by atoms with Gasteiger partial charge in [0.1, 0.15) is 5.75 Å². The number of rotatable bonds is 6. The summed E-state index contributed by atoms with van der Waals surface area (Å²) in [5.74, 6) is -0.388. The largest absolute Gasteiger partial charge is 0.484 e. The summed E-state index contributed by atoms with van der Waals surface area (Å²) in [6.45, 7) is -0.453. The Morgan fingerprint density at radius 2 is 1.79 bits per heavy atom. The molecule has 1 amide bonds. The number of amides is 1. The first kappa shape index (κ1) is 21.8. The van der Waals surface area contributed by atoms with Gasteiger partial charge < -0.3 is 10.1 Å². The minimum atomic E-state index is -4.64. The van der Waals surface area contributed by atoms with Gasteiger partial charge in [-0.2, -0.15) is 13.2 Å². The van der Waals surface area contributed by atoms with Gasteiger partial charge in [-0.25, -0.2) is 8.42 Å². The molecular weight excluding hydrogens is 421 g/mol. The van der Waals surface area contributed by atoms with Gasteiger partial charge in [-0.1, -0.05) is 11.6 Å². The second-order valence-corrected chi connectivity index (χ2v) is 8.17. The zero-order chi connectivity index (χ0) is 21.1. The van der Waals surface area contributed by atoms with Gasteiger partial charge in [0.2, 0.25) is 10.0 Å². The predicted octanol–water partition coefficient (Wildman–Crippen LogP) is 3.77. The predicted molar refractivity (Wildman–Crippen MR) is 100 cm³/mol. The summed E-state index contributed by atoms with van der Waals surface area (Å²) in [5, 5.41) is 1.82. The number of nitrogens with one attached hydrogen (secondary N) is 1. The van der Waals surface area contributed by atoms with E-state index in [1.807, 2.05) is 0 Å². The van der Waals surface area contributed by atoms with Crippen molar-refractivity contribution in [1.29, 1.82) is 0 Å². The maximum Gasteiger partial charge on any atom is 0.417 e. The molecule has 1 N–H and O–H groups in total. The van der Waals surface area contributed by atoms with Crippen LogP contribution in [-0.4, -0.2) is 34.2 Å². The van der Waals surface area contributed by atoms with Crippen LogP contribution in [0, 0.1) is 0 Å². The SMILES string of the molecule is CN(c1ccc(OCC(=O)Nc2ccc(Cl)c(C(F)(F)F)c2)cc1)S(C)(=O)=O. The standard InChI is InChI=1S/C17H16ClF3N2O4S/c1-23(28(2,25)26)12-4-6-13(7-5-12)27-10-16(24)22-11-3-8-15(18)14(9-11)17(19,20)21/h3-9H,10H2,1-2H3,(H,22,24). The van der Waals surface area contributed by atoms with E-state index in [4.69, 9.17) is 16.3 Å². The highest BCUT2D eigenvalue weighted by Crippen LogP contribution is 2.36. The molecule has 0 saturated carbocycles. The Bertz CT molecular complexity index is 963. The van der Waals surface area contributed by atoms with Crippen molar-refractivity contribution in [3.05, 3.63) is 53.1 Å².